The lowest BCUT2D eigenvalue weighted by Gasteiger charge is -2.11. The highest BCUT2D eigenvalue weighted by Gasteiger charge is 2.03. The molecule has 1 heterocycles. The minimum Gasteiger partial charge on any atom is -0.356 e. The summed E-state index contributed by atoms with van der Waals surface area (Å²) in [6, 6.07) is 14.1. The molecule has 0 radical (unpaired) electrons. The monoisotopic (exact) mass is 349 g/mol. The lowest BCUT2D eigenvalue weighted by Crippen LogP contribution is -2.40. The van der Waals surface area contributed by atoms with Crippen molar-refractivity contribution in [1.29, 1.82) is 0 Å². The van der Waals surface area contributed by atoms with Gasteiger partial charge >= 0.3 is 0 Å². The average Bonchev–Trinajstić information content (AvgIpc) is 3.07. The molecule has 2 aromatic rings. The van der Waals surface area contributed by atoms with E-state index in [4.69, 9.17) is 0 Å². The van der Waals surface area contributed by atoms with Crippen LogP contribution in [0.25, 0.3) is 0 Å². The number of hydrogen-bond donors (Lipinski definition) is 2. The van der Waals surface area contributed by atoms with Gasteiger partial charge in [0.15, 0.2) is 5.96 Å². The topological polar surface area (TPSA) is 53.5 Å². The first-order valence-corrected chi connectivity index (χ1v) is 10.0. The number of thiophene rings is 1. The van der Waals surface area contributed by atoms with Gasteiger partial charge in [-0.1, -0.05) is 36.4 Å². The molecule has 0 spiro atoms. The van der Waals surface area contributed by atoms with Crippen LogP contribution >= 0.6 is 11.3 Å². The summed E-state index contributed by atoms with van der Waals surface area (Å²) >= 11 is 1.76. The fraction of sp³-hybridized carbons (Fsp3) is 0.353. The van der Waals surface area contributed by atoms with Gasteiger partial charge in [-0.25, -0.2) is 0 Å². The molecule has 0 fully saturated rings. The Morgan fingerprint density at radius 3 is 2.61 bits per heavy atom. The highest BCUT2D eigenvalue weighted by Crippen LogP contribution is 2.08. The molecule has 124 valence electrons. The fourth-order valence-electron chi connectivity index (χ4n) is 2.10. The predicted molar refractivity (Wildman–Crippen MR) is 101 cm³/mol. The van der Waals surface area contributed by atoms with Gasteiger partial charge in [0.25, 0.3) is 0 Å². The van der Waals surface area contributed by atoms with Gasteiger partial charge in [-0.15, -0.1) is 11.3 Å². The fourth-order valence-corrected chi connectivity index (χ4v) is 3.84. The van der Waals surface area contributed by atoms with Crippen LogP contribution in [0.5, 0.6) is 0 Å². The van der Waals surface area contributed by atoms with Crippen LogP contribution in [0, 0.1) is 0 Å². The number of rotatable bonds is 8. The van der Waals surface area contributed by atoms with Crippen LogP contribution in [0.1, 0.15) is 10.4 Å². The average molecular weight is 350 g/mol. The van der Waals surface area contributed by atoms with Gasteiger partial charge in [-0.3, -0.25) is 9.20 Å². The van der Waals surface area contributed by atoms with Crippen molar-refractivity contribution in [3.8, 4) is 0 Å². The summed E-state index contributed by atoms with van der Waals surface area (Å²) in [6.45, 7) is 1.49. The Labute approximate surface area is 144 Å². The molecule has 1 aromatic carbocycles. The Balaban J connectivity index is 1.62. The van der Waals surface area contributed by atoms with E-state index in [2.05, 4.69) is 33.1 Å². The van der Waals surface area contributed by atoms with Gasteiger partial charge in [-0.05, 0) is 23.4 Å². The molecule has 0 bridgehead atoms. The third kappa shape index (κ3) is 6.97. The standard InChI is InChI=1S/C17H23N3OS2/c1-18-17(19-10-9-16-8-5-12-22-16)20-11-13-23(21)14-15-6-3-2-4-7-15/h2-8,12H,9-11,13-14H2,1H3,(H2,18,19,20). The van der Waals surface area contributed by atoms with Crippen molar-refractivity contribution in [2.75, 3.05) is 25.9 Å². The van der Waals surface area contributed by atoms with Crippen molar-refractivity contribution in [3.63, 3.8) is 0 Å². The van der Waals surface area contributed by atoms with E-state index in [9.17, 15) is 4.21 Å². The zero-order chi connectivity index (χ0) is 16.3. The highest BCUT2D eigenvalue weighted by atomic mass is 32.2. The number of nitrogens with zero attached hydrogens (tertiary/aromatic N) is 1. The van der Waals surface area contributed by atoms with Crippen LogP contribution < -0.4 is 10.6 Å². The van der Waals surface area contributed by atoms with Crippen LogP contribution in [-0.2, 0) is 23.0 Å². The third-order valence-electron chi connectivity index (χ3n) is 3.26. The maximum absolute atomic E-state index is 12.1. The second-order valence-electron chi connectivity index (χ2n) is 5.03. The van der Waals surface area contributed by atoms with Gasteiger partial charge in [0.2, 0.25) is 0 Å². The minimum atomic E-state index is -0.863. The van der Waals surface area contributed by atoms with E-state index in [1.165, 1.54) is 4.88 Å². The van der Waals surface area contributed by atoms with Crippen LogP contribution in [0.3, 0.4) is 0 Å². The number of guanidine groups is 1. The first-order valence-electron chi connectivity index (χ1n) is 7.63. The summed E-state index contributed by atoms with van der Waals surface area (Å²) in [4.78, 5) is 5.54. The first-order chi connectivity index (χ1) is 11.3. The molecule has 0 saturated heterocycles. The molecule has 4 nitrogen and oxygen atoms in total. The normalized spacial score (nSPS) is 12.8. The predicted octanol–water partition coefficient (Wildman–Crippen LogP) is 2.40. The maximum Gasteiger partial charge on any atom is 0.191 e. The van der Waals surface area contributed by atoms with Crippen molar-refractivity contribution >= 4 is 28.1 Å². The van der Waals surface area contributed by atoms with Crippen molar-refractivity contribution in [3.05, 3.63) is 58.3 Å². The number of hydrogen-bond acceptors (Lipinski definition) is 3. The molecule has 1 aromatic heterocycles. The number of benzene rings is 1. The van der Waals surface area contributed by atoms with Gasteiger partial charge in [0, 0.05) is 47.3 Å². The second-order valence-corrected chi connectivity index (χ2v) is 7.64. The summed E-state index contributed by atoms with van der Waals surface area (Å²) in [5, 5.41) is 8.58. The highest BCUT2D eigenvalue weighted by molar-refractivity contribution is 7.84. The van der Waals surface area contributed by atoms with Crippen LogP contribution in [0.4, 0.5) is 0 Å². The Hall–Kier alpha value is -1.66. The molecule has 1 atom stereocenters. The summed E-state index contributed by atoms with van der Waals surface area (Å²) in [7, 11) is 0.888. The molecule has 0 aliphatic carbocycles. The van der Waals surface area contributed by atoms with E-state index >= 15 is 0 Å². The van der Waals surface area contributed by atoms with Crippen molar-refractivity contribution < 1.29 is 4.21 Å². The summed E-state index contributed by atoms with van der Waals surface area (Å²) in [5.74, 6) is 1.98. The Morgan fingerprint density at radius 2 is 1.91 bits per heavy atom. The quantitative estimate of drug-likeness (QED) is 0.568. The largest absolute Gasteiger partial charge is 0.356 e. The molecule has 0 amide bonds. The van der Waals surface area contributed by atoms with E-state index in [1.807, 2.05) is 30.3 Å². The molecule has 1 unspecified atom stereocenters. The molecule has 2 rings (SSSR count). The Bertz CT molecular complexity index is 612. The van der Waals surface area contributed by atoms with E-state index in [-0.39, 0.29) is 0 Å². The summed E-state index contributed by atoms with van der Waals surface area (Å²) in [6.07, 6.45) is 0.984. The Kier molecular flexibility index (Phi) is 7.83. The molecule has 0 aliphatic heterocycles. The van der Waals surface area contributed by atoms with Crippen LogP contribution in [0.15, 0.2) is 52.8 Å². The van der Waals surface area contributed by atoms with E-state index in [0.717, 1.165) is 24.5 Å². The van der Waals surface area contributed by atoms with Crippen molar-refractivity contribution in [1.82, 2.24) is 10.6 Å². The lowest BCUT2D eigenvalue weighted by atomic mass is 10.2. The van der Waals surface area contributed by atoms with Crippen LogP contribution in [0.2, 0.25) is 0 Å². The smallest absolute Gasteiger partial charge is 0.191 e. The molecule has 6 heteroatoms. The van der Waals surface area contributed by atoms with Gasteiger partial charge in [0.1, 0.15) is 0 Å². The maximum atomic E-state index is 12.1. The van der Waals surface area contributed by atoms with Crippen LogP contribution in [-0.4, -0.2) is 36.1 Å². The zero-order valence-electron chi connectivity index (χ0n) is 13.3. The minimum absolute atomic E-state index is 0.604. The first kappa shape index (κ1) is 17.7. The molecule has 23 heavy (non-hydrogen) atoms. The number of nitrogens with one attached hydrogen (secondary N) is 2. The van der Waals surface area contributed by atoms with E-state index < -0.39 is 10.8 Å². The summed E-state index contributed by atoms with van der Waals surface area (Å²) < 4.78 is 12.1. The van der Waals surface area contributed by atoms with Gasteiger partial charge in [-0.2, -0.15) is 0 Å². The van der Waals surface area contributed by atoms with Crippen molar-refractivity contribution in [2.24, 2.45) is 4.99 Å². The third-order valence-corrected chi connectivity index (χ3v) is 5.51. The van der Waals surface area contributed by atoms with E-state index in [1.54, 1.807) is 18.4 Å². The summed E-state index contributed by atoms with van der Waals surface area (Å²) in [5.41, 5.74) is 1.12. The van der Waals surface area contributed by atoms with Crippen molar-refractivity contribution in [2.45, 2.75) is 12.2 Å². The van der Waals surface area contributed by atoms with E-state index in [0.29, 0.717) is 18.1 Å². The molecule has 0 aliphatic rings. The lowest BCUT2D eigenvalue weighted by molar-refractivity contribution is 0.680. The molecular formula is C17H23N3OS2. The second kappa shape index (κ2) is 10.2. The molecular weight excluding hydrogens is 326 g/mol. The molecule has 2 N–H and O–H groups in total. The Morgan fingerprint density at radius 1 is 1.13 bits per heavy atom. The molecule has 0 saturated carbocycles. The van der Waals surface area contributed by atoms with Gasteiger partial charge in [0.05, 0.1) is 0 Å². The van der Waals surface area contributed by atoms with Gasteiger partial charge < -0.3 is 10.6 Å². The number of aliphatic imine (C=N–C) groups is 1. The SMILES string of the molecule is CN=C(NCCc1cccs1)NCCS(=O)Cc1ccccc1. The zero-order valence-corrected chi connectivity index (χ0v) is 15.0.